The third-order valence-corrected chi connectivity index (χ3v) is 2.14. The van der Waals surface area contributed by atoms with Gasteiger partial charge in [0.05, 0.1) is 6.42 Å². The summed E-state index contributed by atoms with van der Waals surface area (Å²) in [6.07, 6.45) is 0.165. The van der Waals surface area contributed by atoms with Crippen molar-refractivity contribution in [3.05, 3.63) is 28.8 Å². The van der Waals surface area contributed by atoms with E-state index < -0.39 is 5.91 Å². The second-order valence-electron chi connectivity index (χ2n) is 3.36. The summed E-state index contributed by atoms with van der Waals surface area (Å²) in [5, 5.41) is 8.37. The Morgan fingerprint density at radius 1 is 1.31 bits per heavy atom. The van der Waals surface area contributed by atoms with Gasteiger partial charge in [0.25, 0.3) is 0 Å². The van der Waals surface area contributed by atoms with Crippen LogP contribution in [0.3, 0.4) is 0 Å². The minimum atomic E-state index is -0.423. The monoisotopic (exact) mass is 224 g/mol. The molecule has 0 heterocycles. The van der Waals surface area contributed by atoms with E-state index in [4.69, 9.17) is 10.9 Å². The molecule has 0 atom stereocenters. The van der Waals surface area contributed by atoms with Gasteiger partial charge in [0.2, 0.25) is 5.91 Å². The van der Waals surface area contributed by atoms with Gasteiger partial charge in [0.15, 0.2) is 0 Å². The molecular weight excluding hydrogens is 204 g/mol. The summed E-state index contributed by atoms with van der Waals surface area (Å²) in [5.74, 6) is -0.423. The van der Waals surface area contributed by atoms with Gasteiger partial charge in [-0.3, -0.25) is 10.0 Å². The molecule has 0 saturated heterocycles. The smallest absolute Gasteiger partial charge is 0.247 e. The molecule has 16 heavy (non-hydrogen) atoms. The lowest BCUT2D eigenvalue weighted by molar-refractivity contribution is -0.128. The van der Waals surface area contributed by atoms with E-state index in [1.165, 1.54) is 0 Å². The van der Waals surface area contributed by atoms with E-state index in [-0.39, 0.29) is 6.42 Å². The zero-order valence-electron chi connectivity index (χ0n) is 10.3. The largest absolute Gasteiger partial charge is 0.398 e. The quantitative estimate of drug-likeness (QED) is 0.408. The topological polar surface area (TPSA) is 75.3 Å². The average Bonchev–Trinajstić information content (AvgIpc) is 2.28. The van der Waals surface area contributed by atoms with Crippen molar-refractivity contribution in [2.24, 2.45) is 0 Å². The number of nitrogens with one attached hydrogen (secondary N) is 1. The van der Waals surface area contributed by atoms with E-state index in [1.807, 2.05) is 39.8 Å². The zero-order valence-corrected chi connectivity index (χ0v) is 10.3. The molecule has 0 aromatic heterocycles. The van der Waals surface area contributed by atoms with Crippen molar-refractivity contribution < 1.29 is 10.0 Å². The summed E-state index contributed by atoms with van der Waals surface area (Å²) in [6.45, 7) is 7.78. The number of carbonyl (C=O) groups is 1. The molecule has 0 spiro atoms. The first-order valence-corrected chi connectivity index (χ1v) is 5.33. The number of carbonyl (C=O) groups excluding carboxylic acids is 1. The van der Waals surface area contributed by atoms with Crippen molar-refractivity contribution in [1.82, 2.24) is 5.48 Å². The van der Waals surface area contributed by atoms with Gasteiger partial charge in [-0.1, -0.05) is 26.0 Å². The highest BCUT2D eigenvalue weighted by atomic mass is 16.5. The van der Waals surface area contributed by atoms with Crippen LogP contribution in [0.4, 0.5) is 5.69 Å². The molecule has 0 fully saturated rings. The minimum Gasteiger partial charge on any atom is -0.398 e. The van der Waals surface area contributed by atoms with Crippen LogP contribution in [0.5, 0.6) is 0 Å². The first kappa shape index (κ1) is 14.5. The van der Waals surface area contributed by atoms with E-state index in [2.05, 4.69) is 0 Å². The highest BCUT2D eigenvalue weighted by molar-refractivity contribution is 5.77. The highest BCUT2D eigenvalue weighted by Gasteiger charge is 2.05. The Morgan fingerprint density at radius 2 is 1.75 bits per heavy atom. The van der Waals surface area contributed by atoms with Gasteiger partial charge < -0.3 is 5.73 Å². The van der Waals surface area contributed by atoms with E-state index >= 15 is 0 Å². The minimum absolute atomic E-state index is 0.165. The molecule has 1 amide bonds. The number of amides is 1. The van der Waals surface area contributed by atoms with Gasteiger partial charge in [0.1, 0.15) is 0 Å². The summed E-state index contributed by atoms with van der Waals surface area (Å²) in [7, 11) is 0. The number of hydrogen-bond acceptors (Lipinski definition) is 3. The molecule has 0 unspecified atom stereocenters. The molecule has 0 radical (unpaired) electrons. The van der Waals surface area contributed by atoms with E-state index in [1.54, 1.807) is 5.48 Å². The van der Waals surface area contributed by atoms with Gasteiger partial charge >= 0.3 is 0 Å². The Bertz CT molecular complexity index is 339. The van der Waals surface area contributed by atoms with Gasteiger partial charge in [-0.2, -0.15) is 0 Å². The van der Waals surface area contributed by atoms with Crippen LogP contribution in [0, 0.1) is 13.8 Å². The zero-order chi connectivity index (χ0) is 12.7. The lowest BCUT2D eigenvalue weighted by Crippen LogP contribution is -2.20. The Kier molecular flexibility index (Phi) is 6.18. The number of hydrogen-bond donors (Lipinski definition) is 3. The maximum atomic E-state index is 10.9. The van der Waals surface area contributed by atoms with Crippen molar-refractivity contribution in [2.75, 3.05) is 5.73 Å². The van der Waals surface area contributed by atoms with E-state index in [9.17, 15) is 4.79 Å². The molecule has 0 saturated carbocycles. The van der Waals surface area contributed by atoms with Gasteiger partial charge in [-0.05, 0) is 30.5 Å². The van der Waals surface area contributed by atoms with Crippen molar-refractivity contribution in [2.45, 2.75) is 34.1 Å². The lowest BCUT2D eigenvalue weighted by atomic mass is 10.0. The van der Waals surface area contributed by atoms with E-state index in [0.29, 0.717) is 0 Å². The molecular formula is C12H20N2O2. The van der Waals surface area contributed by atoms with Crippen LogP contribution < -0.4 is 11.2 Å². The molecule has 90 valence electrons. The summed E-state index contributed by atoms with van der Waals surface area (Å²) >= 11 is 0. The van der Waals surface area contributed by atoms with Crippen LogP contribution >= 0.6 is 0 Å². The van der Waals surface area contributed by atoms with Crippen LogP contribution in [-0.2, 0) is 11.2 Å². The summed E-state index contributed by atoms with van der Waals surface area (Å²) < 4.78 is 0. The molecule has 4 heteroatoms. The van der Waals surface area contributed by atoms with Crippen LogP contribution in [-0.4, -0.2) is 11.1 Å². The first-order chi connectivity index (χ1) is 7.54. The number of anilines is 1. The molecule has 1 aromatic carbocycles. The average molecular weight is 224 g/mol. The Balaban J connectivity index is 0.00000106. The third-order valence-electron chi connectivity index (χ3n) is 2.14. The normalized spacial score (nSPS) is 9.06. The van der Waals surface area contributed by atoms with Crippen LogP contribution in [0.25, 0.3) is 0 Å². The van der Waals surface area contributed by atoms with Crippen LogP contribution in [0.2, 0.25) is 0 Å². The van der Waals surface area contributed by atoms with Gasteiger partial charge in [-0.25, -0.2) is 5.48 Å². The number of benzene rings is 1. The van der Waals surface area contributed by atoms with Crippen LogP contribution in [0.1, 0.15) is 30.5 Å². The van der Waals surface area contributed by atoms with Crippen molar-refractivity contribution in [1.29, 1.82) is 0 Å². The Morgan fingerprint density at radius 3 is 2.12 bits per heavy atom. The Labute approximate surface area is 96.4 Å². The fourth-order valence-electron chi connectivity index (χ4n) is 1.39. The molecule has 0 bridgehead atoms. The maximum absolute atomic E-state index is 10.9. The molecule has 1 rings (SSSR count). The number of hydroxylamine groups is 1. The first-order valence-electron chi connectivity index (χ1n) is 5.33. The highest BCUT2D eigenvalue weighted by Crippen LogP contribution is 2.18. The molecule has 0 aliphatic carbocycles. The number of aryl methyl sites for hydroxylation is 2. The molecule has 4 nitrogen and oxygen atoms in total. The predicted molar refractivity (Wildman–Crippen MR) is 65.3 cm³/mol. The second kappa shape index (κ2) is 6.85. The Hall–Kier alpha value is -1.55. The maximum Gasteiger partial charge on any atom is 0.247 e. The number of nitrogen functional groups attached to an aromatic ring is 1. The second-order valence-corrected chi connectivity index (χ2v) is 3.36. The molecule has 0 aliphatic heterocycles. The summed E-state index contributed by atoms with van der Waals surface area (Å²) in [6, 6.07) is 3.69. The standard InChI is InChI=1S/C10H14N2O2.C2H6/c1-6-3-8(5-9(13)12-14)4-7(2)10(6)11;1-2/h3-4,14H,5,11H2,1-2H3,(H,12,13);1-2H3. The van der Waals surface area contributed by atoms with Crippen molar-refractivity contribution in [3.63, 3.8) is 0 Å². The number of nitrogens with two attached hydrogens (primary N) is 1. The molecule has 1 aromatic rings. The fraction of sp³-hybridized carbons (Fsp3) is 0.417. The third kappa shape index (κ3) is 3.90. The van der Waals surface area contributed by atoms with Gasteiger partial charge in [0, 0.05) is 5.69 Å². The van der Waals surface area contributed by atoms with Crippen molar-refractivity contribution >= 4 is 11.6 Å². The predicted octanol–water partition coefficient (Wildman–Crippen LogP) is 1.96. The van der Waals surface area contributed by atoms with Crippen LogP contribution in [0.15, 0.2) is 12.1 Å². The molecule has 4 N–H and O–H groups in total. The fourth-order valence-corrected chi connectivity index (χ4v) is 1.39. The molecule has 0 aliphatic rings. The summed E-state index contributed by atoms with van der Waals surface area (Å²) in [5.41, 5.74) is 10.9. The van der Waals surface area contributed by atoms with Gasteiger partial charge in [-0.15, -0.1) is 0 Å². The summed E-state index contributed by atoms with van der Waals surface area (Å²) in [4.78, 5) is 10.9. The SMILES string of the molecule is CC.Cc1cc(CC(=O)NO)cc(C)c1N. The lowest BCUT2D eigenvalue weighted by Gasteiger charge is -2.07. The van der Waals surface area contributed by atoms with E-state index in [0.717, 1.165) is 22.4 Å². The number of rotatable bonds is 2. The van der Waals surface area contributed by atoms with Crippen molar-refractivity contribution in [3.8, 4) is 0 Å².